The second-order valence-electron chi connectivity index (χ2n) is 8.36. The molecule has 0 saturated carbocycles. The van der Waals surface area contributed by atoms with Crippen molar-refractivity contribution in [2.24, 2.45) is 0 Å². The van der Waals surface area contributed by atoms with Gasteiger partial charge in [-0.25, -0.2) is 4.98 Å². The van der Waals surface area contributed by atoms with Gasteiger partial charge in [-0.15, -0.1) is 11.3 Å². The van der Waals surface area contributed by atoms with E-state index in [1.165, 1.54) is 5.56 Å². The normalized spacial score (nSPS) is 14.7. The van der Waals surface area contributed by atoms with E-state index in [0.29, 0.717) is 19.1 Å². The number of rotatable bonds is 6. The predicted molar refractivity (Wildman–Crippen MR) is 128 cm³/mol. The fraction of sp³-hybridized carbons (Fsp3) is 0.308. The minimum atomic E-state index is 0.226. The SMILES string of the molecule is Cc1ccc(OCc2nc3ccccc3n2C2CCN(C(=O)Cc3cccs3)CC2)cc1. The molecule has 5 rings (SSSR count). The highest BCUT2D eigenvalue weighted by atomic mass is 32.1. The Morgan fingerprint density at radius 1 is 1.06 bits per heavy atom. The molecule has 0 aliphatic carbocycles. The molecular weight excluding hydrogens is 418 g/mol. The maximum atomic E-state index is 12.7. The molecule has 1 amide bonds. The number of amides is 1. The van der Waals surface area contributed by atoms with Gasteiger partial charge in [0.15, 0.2) is 0 Å². The van der Waals surface area contributed by atoms with Crippen molar-refractivity contribution < 1.29 is 9.53 Å². The zero-order valence-corrected chi connectivity index (χ0v) is 19.1. The van der Waals surface area contributed by atoms with E-state index in [0.717, 1.165) is 53.4 Å². The number of para-hydroxylation sites is 2. The summed E-state index contributed by atoms with van der Waals surface area (Å²) >= 11 is 1.65. The first kappa shape index (κ1) is 20.8. The summed E-state index contributed by atoms with van der Waals surface area (Å²) in [6, 6.07) is 20.7. The monoisotopic (exact) mass is 445 g/mol. The first-order chi connectivity index (χ1) is 15.7. The number of benzene rings is 2. The number of aromatic nitrogens is 2. The number of fused-ring (bicyclic) bond motifs is 1. The van der Waals surface area contributed by atoms with Gasteiger partial charge in [0.1, 0.15) is 18.2 Å². The van der Waals surface area contributed by atoms with E-state index in [-0.39, 0.29) is 5.91 Å². The quantitative estimate of drug-likeness (QED) is 0.400. The molecule has 0 unspecified atom stereocenters. The molecule has 6 heteroatoms. The number of carbonyl (C=O) groups excluding carboxylic acids is 1. The summed E-state index contributed by atoms with van der Waals surface area (Å²) < 4.78 is 8.42. The third kappa shape index (κ3) is 4.41. The number of carbonyl (C=O) groups is 1. The van der Waals surface area contributed by atoms with Gasteiger partial charge in [-0.2, -0.15) is 0 Å². The van der Waals surface area contributed by atoms with Crippen LogP contribution in [0.4, 0.5) is 0 Å². The average Bonchev–Trinajstić information content (AvgIpc) is 3.46. The van der Waals surface area contributed by atoms with Crippen molar-refractivity contribution in [3.8, 4) is 5.75 Å². The maximum absolute atomic E-state index is 12.7. The predicted octanol–water partition coefficient (Wildman–Crippen LogP) is 5.39. The van der Waals surface area contributed by atoms with Crippen molar-refractivity contribution in [2.45, 2.75) is 38.8 Å². The molecule has 1 fully saturated rings. The van der Waals surface area contributed by atoms with E-state index in [2.05, 4.69) is 41.8 Å². The molecule has 0 radical (unpaired) electrons. The summed E-state index contributed by atoms with van der Waals surface area (Å²) in [6.07, 6.45) is 2.36. The molecule has 164 valence electrons. The fourth-order valence-corrected chi connectivity index (χ4v) is 5.13. The average molecular weight is 446 g/mol. The van der Waals surface area contributed by atoms with Crippen LogP contribution in [-0.4, -0.2) is 33.4 Å². The number of imidazole rings is 1. The minimum Gasteiger partial charge on any atom is -0.486 e. The van der Waals surface area contributed by atoms with Gasteiger partial charge in [0.2, 0.25) is 5.91 Å². The standard InChI is InChI=1S/C26H27N3O2S/c1-19-8-10-21(11-9-19)31-18-25-27-23-6-2-3-7-24(23)29(25)20-12-14-28(15-13-20)26(30)17-22-5-4-16-32-22/h2-11,16,20H,12-15,17-18H2,1H3. The summed E-state index contributed by atoms with van der Waals surface area (Å²) in [4.78, 5) is 20.7. The Morgan fingerprint density at radius 2 is 1.84 bits per heavy atom. The Morgan fingerprint density at radius 3 is 2.59 bits per heavy atom. The first-order valence-corrected chi connectivity index (χ1v) is 12.0. The summed E-state index contributed by atoms with van der Waals surface area (Å²) in [5, 5.41) is 2.03. The third-order valence-corrected chi connectivity index (χ3v) is 7.02. The van der Waals surface area contributed by atoms with E-state index >= 15 is 0 Å². The first-order valence-electron chi connectivity index (χ1n) is 11.1. The molecule has 1 aliphatic heterocycles. The summed E-state index contributed by atoms with van der Waals surface area (Å²) in [6.45, 7) is 4.05. The molecule has 1 aliphatic rings. The molecule has 0 bridgehead atoms. The molecule has 0 spiro atoms. The Labute approximate surface area is 192 Å². The molecule has 3 heterocycles. The van der Waals surface area contributed by atoms with Gasteiger partial charge in [-0.05, 0) is 55.5 Å². The lowest BCUT2D eigenvalue weighted by Gasteiger charge is -2.33. The summed E-state index contributed by atoms with van der Waals surface area (Å²) in [5.41, 5.74) is 3.34. The molecule has 2 aromatic carbocycles. The van der Waals surface area contributed by atoms with Gasteiger partial charge in [-0.1, -0.05) is 35.9 Å². The minimum absolute atomic E-state index is 0.226. The topological polar surface area (TPSA) is 47.4 Å². The molecule has 32 heavy (non-hydrogen) atoms. The van der Waals surface area contributed by atoms with Crippen molar-refractivity contribution >= 4 is 28.3 Å². The largest absolute Gasteiger partial charge is 0.486 e. The molecule has 5 nitrogen and oxygen atoms in total. The number of ether oxygens (including phenoxy) is 1. The van der Waals surface area contributed by atoms with Crippen molar-refractivity contribution in [2.75, 3.05) is 13.1 Å². The summed E-state index contributed by atoms with van der Waals surface area (Å²) in [5.74, 6) is 2.02. The Bertz CT molecular complexity index is 1190. The van der Waals surface area contributed by atoms with Gasteiger partial charge >= 0.3 is 0 Å². The van der Waals surface area contributed by atoms with E-state index in [4.69, 9.17) is 9.72 Å². The molecule has 2 aromatic heterocycles. The van der Waals surface area contributed by atoms with Crippen molar-refractivity contribution in [1.29, 1.82) is 0 Å². The van der Waals surface area contributed by atoms with Gasteiger partial charge in [0.25, 0.3) is 0 Å². The van der Waals surface area contributed by atoms with Crippen LogP contribution in [-0.2, 0) is 17.8 Å². The van der Waals surface area contributed by atoms with Gasteiger partial charge in [-0.3, -0.25) is 4.79 Å². The van der Waals surface area contributed by atoms with Crippen LogP contribution in [0.3, 0.4) is 0 Å². The van der Waals surface area contributed by atoms with Crippen molar-refractivity contribution in [3.05, 3.63) is 82.3 Å². The van der Waals surface area contributed by atoms with Crippen molar-refractivity contribution in [3.63, 3.8) is 0 Å². The van der Waals surface area contributed by atoms with E-state index in [9.17, 15) is 4.79 Å². The van der Waals surface area contributed by atoms with E-state index in [1.54, 1.807) is 11.3 Å². The second-order valence-corrected chi connectivity index (χ2v) is 9.39. The molecule has 4 aromatic rings. The number of hydrogen-bond donors (Lipinski definition) is 0. The number of thiophene rings is 1. The van der Waals surface area contributed by atoms with E-state index < -0.39 is 0 Å². The van der Waals surface area contributed by atoms with Crippen LogP contribution in [0.1, 0.15) is 35.1 Å². The van der Waals surface area contributed by atoms with E-state index in [1.807, 2.05) is 40.6 Å². The van der Waals surface area contributed by atoms with Gasteiger partial charge < -0.3 is 14.2 Å². The number of likely N-dealkylation sites (tertiary alicyclic amines) is 1. The van der Waals surface area contributed by atoms with Crippen LogP contribution in [0.5, 0.6) is 5.75 Å². The zero-order chi connectivity index (χ0) is 21.9. The van der Waals surface area contributed by atoms with Crippen LogP contribution < -0.4 is 4.74 Å². The molecule has 1 saturated heterocycles. The van der Waals surface area contributed by atoms with Crippen molar-refractivity contribution in [1.82, 2.24) is 14.5 Å². The van der Waals surface area contributed by atoms with Gasteiger partial charge in [0, 0.05) is 24.0 Å². The molecule has 0 atom stereocenters. The Hall–Kier alpha value is -3.12. The highest BCUT2D eigenvalue weighted by molar-refractivity contribution is 7.10. The zero-order valence-electron chi connectivity index (χ0n) is 18.2. The van der Waals surface area contributed by atoms with Crippen LogP contribution in [0.15, 0.2) is 66.0 Å². The lowest BCUT2D eigenvalue weighted by atomic mass is 10.0. The maximum Gasteiger partial charge on any atom is 0.227 e. The third-order valence-electron chi connectivity index (χ3n) is 6.15. The number of piperidine rings is 1. The number of aryl methyl sites for hydroxylation is 1. The molecule has 0 N–H and O–H groups in total. The van der Waals surface area contributed by atoms with Crippen LogP contribution >= 0.6 is 11.3 Å². The Kier molecular flexibility index (Phi) is 5.95. The highest BCUT2D eigenvalue weighted by Crippen LogP contribution is 2.30. The fourth-order valence-electron chi connectivity index (χ4n) is 4.43. The Balaban J connectivity index is 1.31. The van der Waals surface area contributed by atoms with Crippen LogP contribution in [0.2, 0.25) is 0 Å². The second kappa shape index (κ2) is 9.17. The number of hydrogen-bond acceptors (Lipinski definition) is 4. The highest BCUT2D eigenvalue weighted by Gasteiger charge is 2.27. The van der Waals surface area contributed by atoms with Gasteiger partial charge in [0.05, 0.1) is 17.5 Å². The number of nitrogens with zero attached hydrogens (tertiary/aromatic N) is 3. The molecular formula is C26H27N3O2S. The lowest BCUT2D eigenvalue weighted by Crippen LogP contribution is -2.40. The van der Waals surface area contributed by atoms with Crippen LogP contribution in [0, 0.1) is 6.92 Å². The smallest absolute Gasteiger partial charge is 0.227 e. The summed E-state index contributed by atoms with van der Waals surface area (Å²) in [7, 11) is 0. The van der Waals surface area contributed by atoms with Crippen LogP contribution in [0.25, 0.3) is 11.0 Å². The lowest BCUT2D eigenvalue weighted by molar-refractivity contribution is -0.131.